The summed E-state index contributed by atoms with van der Waals surface area (Å²) in [4.78, 5) is 36.6. The fourth-order valence-corrected chi connectivity index (χ4v) is 2.56. The Balaban J connectivity index is 1.58. The highest BCUT2D eigenvalue weighted by atomic mass is 35.5. The number of carbonyl (C=O) groups is 3. The van der Waals surface area contributed by atoms with Crippen molar-refractivity contribution in [2.45, 2.75) is 31.8 Å². The lowest BCUT2D eigenvalue weighted by molar-refractivity contribution is -0.117. The van der Waals surface area contributed by atoms with Crippen LogP contribution in [0.2, 0.25) is 5.02 Å². The number of nitrogens with one attached hydrogen (secondary N) is 3. The maximum Gasteiger partial charge on any atom is 0.251 e. The minimum absolute atomic E-state index is 0.155. The number of carbonyl (C=O) groups excluding carboxylic acids is 3. The molecule has 0 aliphatic heterocycles. The molecule has 3 amide bonds. The van der Waals surface area contributed by atoms with Crippen LogP contribution in [0.3, 0.4) is 0 Å². The van der Waals surface area contributed by atoms with Crippen LogP contribution in [0.5, 0.6) is 0 Å². The summed E-state index contributed by atoms with van der Waals surface area (Å²) in [7, 11) is 0. The lowest BCUT2D eigenvalue weighted by Crippen LogP contribution is -2.41. The second-order valence-electron chi connectivity index (χ2n) is 6.52. The van der Waals surface area contributed by atoms with E-state index in [2.05, 4.69) is 16.0 Å². The van der Waals surface area contributed by atoms with E-state index in [1.54, 1.807) is 55.5 Å². The molecule has 3 rings (SSSR count). The van der Waals surface area contributed by atoms with Gasteiger partial charge in [0, 0.05) is 27.9 Å². The standard InChI is InChI=1S/C20H20ClN3O3/c1-12(22-19(26)13-5-7-15(21)8-6-13)18(25)24-17-4-2-3-14(11-17)20(27)23-16-9-10-16/h2-8,11-12,16H,9-10H2,1H3,(H,22,26)(H,23,27)(H,24,25)/t12-/m0/s1. The van der Waals surface area contributed by atoms with E-state index in [1.165, 1.54) is 0 Å². The summed E-state index contributed by atoms with van der Waals surface area (Å²) in [6.07, 6.45) is 2.01. The Morgan fingerprint density at radius 3 is 2.37 bits per heavy atom. The molecular formula is C20H20ClN3O3. The normalized spacial score (nSPS) is 14.1. The van der Waals surface area contributed by atoms with Crippen LogP contribution in [0.25, 0.3) is 0 Å². The molecule has 3 N–H and O–H groups in total. The number of amides is 3. The quantitative estimate of drug-likeness (QED) is 0.714. The van der Waals surface area contributed by atoms with Crippen molar-refractivity contribution in [3.05, 3.63) is 64.7 Å². The van der Waals surface area contributed by atoms with Gasteiger partial charge >= 0.3 is 0 Å². The number of rotatable bonds is 6. The van der Waals surface area contributed by atoms with E-state index in [1.807, 2.05) is 0 Å². The molecule has 0 radical (unpaired) electrons. The predicted octanol–water partition coefficient (Wildman–Crippen LogP) is 2.99. The van der Waals surface area contributed by atoms with Gasteiger partial charge in [0.25, 0.3) is 11.8 Å². The number of benzene rings is 2. The summed E-state index contributed by atoms with van der Waals surface area (Å²) in [6, 6.07) is 12.6. The minimum atomic E-state index is -0.753. The first-order valence-corrected chi connectivity index (χ1v) is 9.08. The number of halogens is 1. The second kappa shape index (κ2) is 8.22. The average molecular weight is 386 g/mol. The van der Waals surface area contributed by atoms with Crippen LogP contribution in [0, 0.1) is 0 Å². The van der Waals surface area contributed by atoms with E-state index < -0.39 is 6.04 Å². The van der Waals surface area contributed by atoms with Crippen LogP contribution in [-0.4, -0.2) is 29.8 Å². The minimum Gasteiger partial charge on any atom is -0.349 e. The molecule has 0 unspecified atom stereocenters. The van der Waals surface area contributed by atoms with Gasteiger partial charge < -0.3 is 16.0 Å². The number of hydrogen-bond donors (Lipinski definition) is 3. The van der Waals surface area contributed by atoms with E-state index in [4.69, 9.17) is 11.6 Å². The largest absolute Gasteiger partial charge is 0.349 e. The van der Waals surface area contributed by atoms with Crippen molar-refractivity contribution in [3.63, 3.8) is 0 Å². The summed E-state index contributed by atoms with van der Waals surface area (Å²) >= 11 is 5.80. The van der Waals surface area contributed by atoms with Crippen LogP contribution in [0.1, 0.15) is 40.5 Å². The van der Waals surface area contributed by atoms with Crippen LogP contribution in [0.4, 0.5) is 5.69 Å². The van der Waals surface area contributed by atoms with Gasteiger partial charge in [-0.25, -0.2) is 0 Å². The average Bonchev–Trinajstić information content (AvgIpc) is 3.46. The Labute approximate surface area is 162 Å². The molecule has 1 saturated carbocycles. The van der Waals surface area contributed by atoms with E-state index in [9.17, 15) is 14.4 Å². The molecule has 0 aromatic heterocycles. The summed E-state index contributed by atoms with van der Waals surface area (Å²) in [5, 5.41) is 8.79. The first-order valence-electron chi connectivity index (χ1n) is 8.70. The van der Waals surface area contributed by atoms with Crippen molar-refractivity contribution >= 4 is 35.0 Å². The van der Waals surface area contributed by atoms with Gasteiger partial charge in [0.15, 0.2) is 0 Å². The number of hydrogen-bond acceptors (Lipinski definition) is 3. The lowest BCUT2D eigenvalue weighted by atomic mass is 10.1. The molecule has 1 aliphatic rings. The fraction of sp³-hybridized carbons (Fsp3) is 0.250. The highest BCUT2D eigenvalue weighted by Crippen LogP contribution is 2.20. The zero-order chi connectivity index (χ0) is 19.4. The summed E-state index contributed by atoms with van der Waals surface area (Å²) in [5.74, 6) is -0.901. The topological polar surface area (TPSA) is 87.3 Å². The molecule has 2 aromatic carbocycles. The van der Waals surface area contributed by atoms with Gasteiger partial charge in [0.2, 0.25) is 5.91 Å². The Bertz CT molecular complexity index is 863. The van der Waals surface area contributed by atoms with Crippen molar-refractivity contribution < 1.29 is 14.4 Å². The molecule has 0 saturated heterocycles. The van der Waals surface area contributed by atoms with Crippen LogP contribution in [0.15, 0.2) is 48.5 Å². The number of anilines is 1. The van der Waals surface area contributed by atoms with Gasteiger partial charge in [-0.05, 0) is 62.2 Å². The predicted molar refractivity (Wildman–Crippen MR) is 104 cm³/mol. The van der Waals surface area contributed by atoms with Gasteiger partial charge in [-0.1, -0.05) is 17.7 Å². The monoisotopic (exact) mass is 385 g/mol. The first kappa shape index (κ1) is 18.9. The molecule has 6 nitrogen and oxygen atoms in total. The highest BCUT2D eigenvalue weighted by Gasteiger charge is 2.24. The molecule has 0 bridgehead atoms. The Morgan fingerprint density at radius 2 is 1.70 bits per heavy atom. The van der Waals surface area contributed by atoms with Crippen LogP contribution >= 0.6 is 11.6 Å². The van der Waals surface area contributed by atoms with Gasteiger partial charge in [-0.3, -0.25) is 14.4 Å². The molecule has 0 spiro atoms. The molecule has 140 valence electrons. The van der Waals surface area contributed by atoms with E-state index in [-0.39, 0.29) is 23.8 Å². The molecule has 1 aliphatic carbocycles. The van der Waals surface area contributed by atoms with Crippen molar-refractivity contribution in [1.82, 2.24) is 10.6 Å². The third kappa shape index (κ3) is 5.31. The molecule has 0 heterocycles. The fourth-order valence-electron chi connectivity index (χ4n) is 2.43. The Kier molecular flexibility index (Phi) is 5.76. The maximum atomic E-state index is 12.4. The van der Waals surface area contributed by atoms with Crippen LogP contribution < -0.4 is 16.0 Å². The Morgan fingerprint density at radius 1 is 1.00 bits per heavy atom. The molecule has 27 heavy (non-hydrogen) atoms. The van der Waals surface area contributed by atoms with Gasteiger partial charge in [-0.15, -0.1) is 0 Å². The van der Waals surface area contributed by atoms with Crippen LogP contribution in [-0.2, 0) is 4.79 Å². The molecule has 7 heteroatoms. The summed E-state index contributed by atoms with van der Waals surface area (Å²) < 4.78 is 0. The zero-order valence-corrected chi connectivity index (χ0v) is 15.5. The highest BCUT2D eigenvalue weighted by molar-refractivity contribution is 6.30. The maximum absolute atomic E-state index is 12.4. The molecule has 1 atom stereocenters. The SMILES string of the molecule is C[C@H](NC(=O)c1ccc(Cl)cc1)C(=O)Nc1cccc(C(=O)NC2CC2)c1. The molecular weight excluding hydrogens is 366 g/mol. The van der Waals surface area contributed by atoms with Crippen molar-refractivity contribution in [1.29, 1.82) is 0 Å². The van der Waals surface area contributed by atoms with E-state index in [0.29, 0.717) is 21.8 Å². The first-order chi connectivity index (χ1) is 12.9. The summed E-state index contributed by atoms with van der Waals surface area (Å²) in [5.41, 5.74) is 1.39. The smallest absolute Gasteiger partial charge is 0.251 e. The van der Waals surface area contributed by atoms with Crippen molar-refractivity contribution in [2.75, 3.05) is 5.32 Å². The second-order valence-corrected chi connectivity index (χ2v) is 6.96. The molecule has 2 aromatic rings. The third-order valence-electron chi connectivity index (χ3n) is 4.15. The third-order valence-corrected chi connectivity index (χ3v) is 4.40. The Hall–Kier alpha value is -2.86. The zero-order valence-electron chi connectivity index (χ0n) is 14.8. The van der Waals surface area contributed by atoms with Crippen molar-refractivity contribution in [3.8, 4) is 0 Å². The van der Waals surface area contributed by atoms with E-state index in [0.717, 1.165) is 12.8 Å². The molecule has 1 fully saturated rings. The van der Waals surface area contributed by atoms with Gasteiger partial charge in [0.05, 0.1) is 0 Å². The lowest BCUT2D eigenvalue weighted by Gasteiger charge is -2.15. The van der Waals surface area contributed by atoms with Crippen molar-refractivity contribution in [2.24, 2.45) is 0 Å². The van der Waals surface area contributed by atoms with Gasteiger partial charge in [0.1, 0.15) is 6.04 Å². The van der Waals surface area contributed by atoms with Gasteiger partial charge in [-0.2, -0.15) is 0 Å². The summed E-state index contributed by atoms with van der Waals surface area (Å²) in [6.45, 7) is 1.59. The van der Waals surface area contributed by atoms with E-state index >= 15 is 0 Å².